The number of anilines is 1. The number of halogens is 1. The second-order valence-corrected chi connectivity index (χ2v) is 7.90. The fourth-order valence-corrected chi connectivity index (χ4v) is 4.33. The highest BCUT2D eigenvalue weighted by atomic mass is 19.1. The molecular formula is C27H24FN3O2. The lowest BCUT2D eigenvalue weighted by Gasteiger charge is -2.31. The van der Waals surface area contributed by atoms with Gasteiger partial charge in [0.2, 0.25) is 0 Å². The lowest BCUT2D eigenvalue weighted by atomic mass is 10.0. The molecule has 0 saturated heterocycles. The number of amides is 2. The van der Waals surface area contributed by atoms with E-state index in [0.29, 0.717) is 18.8 Å². The molecule has 33 heavy (non-hydrogen) atoms. The third-order valence-electron chi connectivity index (χ3n) is 5.83. The van der Waals surface area contributed by atoms with E-state index in [1.165, 1.54) is 12.1 Å². The molecule has 4 aromatic rings. The molecule has 0 radical (unpaired) electrons. The monoisotopic (exact) mass is 441 g/mol. The number of aromatic nitrogens is 1. The number of para-hydroxylation sites is 1. The average Bonchev–Trinajstić information content (AvgIpc) is 3.26. The smallest absolute Gasteiger partial charge is 0.322 e. The maximum absolute atomic E-state index is 13.6. The largest absolute Gasteiger partial charge is 0.494 e. The average molecular weight is 442 g/mol. The van der Waals surface area contributed by atoms with Gasteiger partial charge in [0.05, 0.1) is 24.9 Å². The van der Waals surface area contributed by atoms with Gasteiger partial charge in [0.15, 0.2) is 0 Å². The van der Waals surface area contributed by atoms with Crippen molar-refractivity contribution < 1.29 is 13.9 Å². The molecule has 166 valence electrons. The quantitative estimate of drug-likeness (QED) is 0.413. The topological polar surface area (TPSA) is 46.5 Å². The lowest BCUT2D eigenvalue weighted by Crippen LogP contribution is -2.37. The molecule has 1 aromatic heterocycles. The molecule has 1 aliphatic heterocycles. The van der Waals surface area contributed by atoms with Gasteiger partial charge in [-0.2, -0.15) is 0 Å². The molecule has 1 N–H and O–H groups in total. The standard InChI is InChI=1S/C27H24FN3O2/c1-2-33-23-15-9-19(10-16-23)26-25-8-5-17-30(25)24-7-4-3-6-20(24)18-31(26)27(32)29-22-13-11-21(28)12-14-22/h3-17,26H,2,18H2,1H3,(H,29,32)/t26-/m0/s1. The van der Waals surface area contributed by atoms with Crippen molar-refractivity contribution in [3.63, 3.8) is 0 Å². The Morgan fingerprint density at radius 1 is 1.00 bits per heavy atom. The van der Waals surface area contributed by atoms with Gasteiger partial charge in [-0.05, 0) is 72.6 Å². The number of ether oxygens (including phenoxy) is 1. The summed E-state index contributed by atoms with van der Waals surface area (Å²) in [7, 11) is 0. The van der Waals surface area contributed by atoms with Crippen LogP contribution in [-0.4, -0.2) is 22.1 Å². The van der Waals surface area contributed by atoms with Crippen LogP contribution in [0.5, 0.6) is 5.75 Å². The summed E-state index contributed by atoms with van der Waals surface area (Å²) in [6.45, 7) is 2.96. The SMILES string of the molecule is CCOc1ccc([C@H]2c3cccn3-c3ccccc3CN2C(=O)Nc2ccc(F)cc2)cc1. The number of fused-ring (bicyclic) bond motifs is 3. The molecular weight excluding hydrogens is 417 g/mol. The van der Waals surface area contributed by atoms with Crippen LogP contribution in [0, 0.1) is 5.82 Å². The zero-order valence-electron chi connectivity index (χ0n) is 18.2. The fourth-order valence-electron chi connectivity index (χ4n) is 4.33. The molecule has 6 heteroatoms. The predicted octanol–water partition coefficient (Wildman–Crippen LogP) is 6.15. The van der Waals surface area contributed by atoms with Crippen LogP contribution in [0.15, 0.2) is 91.1 Å². The third-order valence-corrected chi connectivity index (χ3v) is 5.83. The summed E-state index contributed by atoms with van der Waals surface area (Å²) in [5.74, 6) is 0.442. The van der Waals surface area contributed by atoms with E-state index < -0.39 is 0 Å². The van der Waals surface area contributed by atoms with Crippen LogP contribution >= 0.6 is 0 Å². The predicted molar refractivity (Wildman–Crippen MR) is 126 cm³/mol. The van der Waals surface area contributed by atoms with Crippen LogP contribution in [0.4, 0.5) is 14.9 Å². The van der Waals surface area contributed by atoms with Crippen LogP contribution < -0.4 is 10.1 Å². The number of hydrogen-bond donors (Lipinski definition) is 1. The van der Waals surface area contributed by atoms with Gasteiger partial charge in [0.25, 0.3) is 0 Å². The van der Waals surface area contributed by atoms with Crippen molar-refractivity contribution in [2.45, 2.75) is 19.5 Å². The van der Waals surface area contributed by atoms with Crippen molar-refractivity contribution in [3.8, 4) is 11.4 Å². The van der Waals surface area contributed by atoms with E-state index in [4.69, 9.17) is 4.74 Å². The lowest BCUT2D eigenvalue weighted by molar-refractivity contribution is 0.194. The Kier molecular flexibility index (Phi) is 5.57. The highest BCUT2D eigenvalue weighted by Gasteiger charge is 2.33. The summed E-state index contributed by atoms with van der Waals surface area (Å²) < 4.78 is 21.1. The normalized spacial score (nSPS) is 14.7. The molecule has 0 fully saturated rings. The van der Waals surface area contributed by atoms with Crippen LogP contribution in [0.3, 0.4) is 0 Å². The Balaban J connectivity index is 1.59. The minimum Gasteiger partial charge on any atom is -0.494 e. The zero-order valence-corrected chi connectivity index (χ0v) is 18.2. The zero-order chi connectivity index (χ0) is 22.8. The fraction of sp³-hybridized carbons (Fsp3) is 0.148. The van der Waals surface area contributed by atoms with Gasteiger partial charge in [-0.1, -0.05) is 30.3 Å². The van der Waals surface area contributed by atoms with E-state index in [9.17, 15) is 9.18 Å². The molecule has 2 amide bonds. The van der Waals surface area contributed by atoms with Crippen molar-refractivity contribution in [1.82, 2.24) is 9.47 Å². The van der Waals surface area contributed by atoms with Crippen LogP contribution in [0.2, 0.25) is 0 Å². The van der Waals surface area contributed by atoms with Crippen molar-refractivity contribution >= 4 is 11.7 Å². The van der Waals surface area contributed by atoms with Gasteiger partial charge < -0.3 is 19.5 Å². The van der Waals surface area contributed by atoms with Gasteiger partial charge in [-0.25, -0.2) is 9.18 Å². The molecule has 0 spiro atoms. The molecule has 0 unspecified atom stereocenters. The summed E-state index contributed by atoms with van der Waals surface area (Å²) in [5, 5.41) is 2.94. The summed E-state index contributed by atoms with van der Waals surface area (Å²) in [4.78, 5) is 15.4. The minimum absolute atomic E-state index is 0.259. The summed E-state index contributed by atoms with van der Waals surface area (Å²) in [6.07, 6.45) is 2.02. The van der Waals surface area contributed by atoms with Gasteiger partial charge >= 0.3 is 6.03 Å². The Morgan fingerprint density at radius 2 is 1.76 bits per heavy atom. The third kappa shape index (κ3) is 4.07. The Morgan fingerprint density at radius 3 is 2.52 bits per heavy atom. The maximum Gasteiger partial charge on any atom is 0.322 e. The highest BCUT2D eigenvalue weighted by molar-refractivity contribution is 5.90. The molecule has 0 saturated carbocycles. The molecule has 0 bridgehead atoms. The van der Waals surface area contributed by atoms with E-state index in [1.807, 2.05) is 72.6 Å². The molecule has 0 aliphatic carbocycles. The van der Waals surface area contributed by atoms with Crippen LogP contribution in [0.25, 0.3) is 5.69 Å². The van der Waals surface area contributed by atoms with E-state index in [1.54, 1.807) is 12.1 Å². The Bertz CT molecular complexity index is 1270. The van der Waals surface area contributed by atoms with Gasteiger partial charge in [0.1, 0.15) is 11.6 Å². The van der Waals surface area contributed by atoms with E-state index in [-0.39, 0.29) is 17.9 Å². The molecule has 1 atom stereocenters. The van der Waals surface area contributed by atoms with Crippen molar-refractivity contribution in [3.05, 3.63) is 114 Å². The Hall–Kier alpha value is -4.06. The van der Waals surface area contributed by atoms with E-state index in [2.05, 4.69) is 16.0 Å². The van der Waals surface area contributed by atoms with Crippen molar-refractivity contribution in [2.75, 3.05) is 11.9 Å². The second kappa shape index (κ2) is 8.82. The number of benzene rings is 3. The van der Waals surface area contributed by atoms with Gasteiger partial charge in [-0.3, -0.25) is 0 Å². The van der Waals surface area contributed by atoms with Crippen LogP contribution in [-0.2, 0) is 6.54 Å². The van der Waals surface area contributed by atoms with Crippen molar-refractivity contribution in [2.24, 2.45) is 0 Å². The number of rotatable bonds is 4. The summed E-state index contributed by atoms with van der Waals surface area (Å²) in [5.41, 5.74) is 4.58. The number of carbonyl (C=O) groups excluding carboxylic acids is 1. The summed E-state index contributed by atoms with van der Waals surface area (Å²) >= 11 is 0. The Labute approximate surface area is 192 Å². The van der Waals surface area contributed by atoms with E-state index in [0.717, 1.165) is 28.3 Å². The van der Waals surface area contributed by atoms with Crippen LogP contribution in [0.1, 0.15) is 29.8 Å². The second-order valence-electron chi connectivity index (χ2n) is 7.90. The maximum atomic E-state index is 13.6. The first-order valence-electron chi connectivity index (χ1n) is 11.0. The molecule has 5 rings (SSSR count). The van der Waals surface area contributed by atoms with Gasteiger partial charge in [0, 0.05) is 17.6 Å². The molecule has 1 aliphatic rings. The molecule has 2 heterocycles. The van der Waals surface area contributed by atoms with Gasteiger partial charge in [-0.15, -0.1) is 0 Å². The first-order chi connectivity index (χ1) is 16.1. The number of hydrogen-bond acceptors (Lipinski definition) is 2. The first kappa shape index (κ1) is 20.8. The molecule has 3 aromatic carbocycles. The number of carbonyl (C=O) groups is 1. The highest BCUT2D eigenvalue weighted by Crippen LogP contribution is 2.37. The van der Waals surface area contributed by atoms with E-state index >= 15 is 0 Å². The number of nitrogens with zero attached hydrogens (tertiary/aromatic N) is 2. The molecule has 5 nitrogen and oxygen atoms in total. The number of nitrogens with one attached hydrogen (secondary N) is 1. The summed E-state index contributed by atoms with van der Waals surface area (Å²) in [6, 6.07) is 25.2. The minimum atomic E-state index is -0.346. The number of urea groups is 1. The first-order valence-corrected chi connectivity index (χ1v) is 11.0. The van der Waals surface area contributed by atoms with Crippen molar-refractivity contribution in [1.29, 1.82) is 0 Å².